The molecule has 21 nitrogen and oxygen atoms in total. The molecular weight excluding hydrogens is 848 g/mol. The predicted octanol–water partition coefficient (Wildman–Crippen LogP) is -1.25. The van der Waals surface area contributed by atoms with E-state index in [2.05, 4.69) is 36.6 Å². The van der Waals surface area contributed by atoms with E-state index >= 15 is 0 Å². The Hall–Kier alpha value is -7.35. The molecular formula is C35H45F6N11O10. The number of aromatic hydroxyl groups is 1. The second kappa shape index (κ2) is 25.3. The Bertz CT molecular complexity index is 1870. The van der Waals surface area contributed by atoms with Crippen LogP contribution in [0.4, 0.5) is 26.3 Å². The number of hydrogen-bond acceptors (Lipinski definition) is 10. The Morgan fingerprint density at radius 2 is 1.05 bits per heavy atom. The minimum Gasteiger partial charge on any atom is -0.508 e. The minimum absolute atomic E-state index is 0.00572. The molecule has 5 amide bonds. The lowest BCUT2D eigenvalue weighted by atomic mass is 10.0. The van der Waals surface area contributed by atoms with E-state index in [4.69, 9.17) is 42.7 Å². The zero-order chi connectivity index (χ0) is 47.2. The summed E-state index contributed by atoms with van der Waals surface area (Å²) < 4.78 is 63.5. The molecule has 1 aliphatic heterocycles. The van der Waals surface area contributed by atoms with Crippen molar-refractivity contribution in [2.45, 2.75) is 68.6 Å². The molecule has 0 saturated carbocycles. The van der Waals surface area contributed by atoms with Crippen molar-refractivity contribution in [3.05, 3.63) is 65.7 Å². The lowest BCUT2D eigenvalue weighted by Gasteiger charge is -2.26. The summed E-state index contributed by atoms with van der Waals surface area (Å²) in [4.78, 5) is 93.2. The number of rotatable bonds is 11. The first-order valence-electron chi connectivity index (χ1n) is 17.8. The van der Waals surface area contributed by atoms with E-state index < -0.39 is 84.5 Å². The lowest BCUT2D eigenvalue weighted by Crippen LogP contribution is -2.57. The number of halogens is 6. The summed E-state index contributed by atoms with van der Waals surface area (Å²) in [5, 5.41) is 37.2. The van der Waals surface area contributed by atoms with Gasteiger partial charge in [0.2, 0.25) is 29.5 Å². The molecule has 2 aromatic carbocycles. The van der Waals surface area contributed by atoms with Gasteiger partial charge in [-0.2, -0.15) is 26.3 Å². The largest absolute Gasteiger partial charge is 0.508 e. The van der Waals surface area contributed by atoms with E-state index in [0.29, 0.717) is 11.1 Å². The number of guanidine groups is 2. The zero-order valence-electron chi connectivity index (χ0n) is 32.3. The van der Waals surface area contributed by atoms with Crippen LogP contribution in [0.3, 0.4) is 0 Å². The fraction of sp³-hybridized carbons (Fsp3) is 0.400. The molecule has 1 fully saturated rings. The molecule has 0 bridgehead atoms. The lowest BCUT2D eigenvalue weighted by molar-refractivity contribution is -0.193. The summed E-state index contributed by atoms with van der Waals surface area (Å²) in [5.41, 5.74) is 22.7. The topological polar surface area (TPSA) is 369 Å². The molecule has 16 N–H and O–H groups in total. The number of nitrogens with two attached hydrogens (primary N) is 4. The van der Waals surface area contributed by atoms with Crippen LogP contribution in [0.5, 0.6) is 5.75 Å². The van der Waals surface area contributed by atoms with Gasteiger partial charge >= 0.3 is 24.3 Å². The summed E-state index contributed by atoms with van der Waals surface area (Å²) in [6.07, 6.45) is -9.46. The van der Waals surface area contributed by atoms with Gasteiger partial charge in [0.25, 0.3) is 0 Å². The Morgan fingerprint density at radius 1 is 0.629 bits per heavy atom. The molecule has 1 saturated heterocycles. The minimum atomic E-state index is -5.08. The van der Waals surface area contributed by atoms with E-state index in [-0.39, 0.29) is 62.9 Å². The Kier molecular flexibility index (Phi) is 21.5. The number of carbonyl (C=O) groups is 7. The van der Waals surface area contributed by atoms with Crippen LogP contribution in [0.15, 0.2) is 64.6 Å². The first-order valence-corrected chi connectivity index (χ1v) is 17.8. The number of amides is 5. The quantitative estimate of drug-likeness (QED) is 0.0543. The fourth-order valence-electron chi connectivity index (χ4n) is 4.87. The molecule has 2 aromatic rings. The SMILES string of the molecule is NC(N)=NCCC[C@@H]1NC(=O)[C@H](CCCN=C(N)N)NC(=O)[C@@H](Cc2ccc(O)cc2)NC(=O)CNC(=O)[C@H](c2ccccc2)NC1=O.O=C(O)C(F)(F)F.O=C(O)C(F)(F)F. The van der Waals surface area contributed by atoms with E-state index in [9.17, 15) is 55.4 Å². The van der Waals surface area contributed by atoms with Crippen LogP contribution in [-0.4, -0.2) is 119 Å². The van der Waals surface area contributed by atoms with Gasteiger partial charge in [0.1, 0.15) is 29.9 Å². The monoisotopic (exact) mass is 893 g/mol. The van der Waals surface area contributed by atoms with Gasteiger partial charge in [0.05, 0.1) is 6.54 Å². The van der Waals surface area contributed by atoms with Crippen molar-refractivity contribution in [2.75, 3.05) is 19.6 Å². The van der Waals surface area contributed by atoms with Gasteiger partial charge < -0.3 is 64.8 Å². The highest BCUT2D eigenvalue weighted by molar-refractivity contribution is 5.97. The number of phenols is 1. The number of aliphatic carboxylic acids is 2. The fourth-order valence-corrected chi connectivity index (χ4v) is 4.87. The number of carboxylic acids is 2. The summed E-state index contributed by atoms with van der Waals surface area (Å²) in [5.74, 6) is -9.25. The molecule has 0 radical (unpaired) electrons. The van der Waals surface area contributed by atoms with Gasteiger partial charge in [-0.15, -0.1) is 0 Å². The third kappa shape index (κ3) is 21.1. The number of hydrogen-bond donors (Lipinski definition) is 12. The van der Waals surface area contributed by atoms with Gasteiger partial charge in [-0.05, 0) is 48.9 Å². The van der Waals surface area contributed by atoms with Crippen LogP contribution < -0.4 is 49.5 Å². The number of benzene rings is 2. The van der Waals surface area contributed by atoms with Gasteiger partial charge in [0.15, 0.2) is 11.9 Å². The second-order valence-corrected chi connectivity index (χ2v) is 12.7. The highest BCUT2D eigenvalue weighted by Gasteiger charge is 2.39. The molecule has 62 heavy (non-hydrogen) atoms. The molecule has 4 atom stereocenters. The molecule has 1 aliphatic rings. The van der Waals surface area contributed by atoms with Crippen LogP contribution >= 0.6 is 0 Å². The number of nitrogens with one attached hydrogen (secondary N) is 5. The van der Waals surface area contributed by atoms with Crippen molar-refractivity contribution in [3.8, 4) is 5.75 Å². The van der Waals surface area contributed by atoms with Gasteiger partial charge in [-0.1, -0.05) is 42.5 Å². The van der Waals surface area contributed by atoms with E-state index in [1.54, 1.807) is 42.5 Å². The van der Waals surface area contributed by atoms with E-state index in [1.165, 1.54) is 12.1 Å². The average Bonchev–Trinajstić information content (AvgIpc) is 3.18. The van der Waals surface area contributed by atoms with Crippen molar-refractivity contribution in [3.63, 3.8) is 0 Å². The molecule has 1 heterocycles. The van der Waals surface area contributed by atoms with Crippen molar-refractivity contribution in [2.24, 2.45) is 32.9 Å². The zero-order valence-corrected chi connectivity index (χ0v) is 32.3. The highest BCUT2D eigenvalue weighted by atomic mass is 19.4. The number of carbonyl (C=O) groups excluding carboxylic acids is 5. The third-order valence-electron chi connectivity index (χ3n) is 7.77. The maximum atomic E-state index is 13.8. The summed E-state index contributed by atoms with van der Waals surface area (Å²) in [6.45, 7) is -0.195. The molecule has 0 spiro atoms. The number of carboxylic acid groups (broad SMARTS) is 2. The molecule has 0 aromatic heterocycles. The number of phenolic OH excluding ortho intramolecular Hbond substituents is 1. The number of nitrogens with zero attached hydrogens (tertiary/aromatic N) is 2. The average molecular weight is 894 g/mol. The third-order valence-corrected chi connectivity index (χ3v) is 7.77. The highest BCUT2D eigenvalue weighted by Crippen LogP contribution is 2.16. The Balaban J connectivity index is 0.00000117. The number of alkyl halides is 6. The van der Waals surface area contributed by atoms with Crippen molar-refractivity contribution < 1.29 is 75.2 Å². The molecule has 0 aliphatic carbocycles. The van der Waals surface area contributed by atoms with Crippen LogP contribution in [0.1, 0.15) is 42.9 Å². The van der Waals surface area contributed by atoms with Crippen molar-refractivity contribution in [1.82, 2.24) is 26.6 Å². The summed E-state index contributed by atoms with van der Waals surface area (Å²) >= 11 is 0. The molecule has 3 rings (SSSR count). The Morgan fingerprint density at radius 3 is 1.47 bits per heavy atom. The van der Waals surface area contributed by atoms with Crippen LogP contribution in [-0.2, 0) is 40.0 Å². The van der Waals surface area contributed by atoms with Gasteiger partial charge in [-0.25, -0.2) is 9.59 Å². The van der Waals surface area contributed by atoms with Gasteiger partial charge in [-0.3, -0.25) is 34.0 Å². The summed E-state index contributed by atoms with van der Waals surface area (Å²) in [6, 6.07) is 9.66. The van der Waals surface area contributed by atoms with Crippen LogP contribution in [0.25, 0.3) is 0 Å². The maximum absolute atomic E-state index is 13.8. The first kappa shape index (κ1) is 52.7. The molecule has 27 heteroatoms. The van der Waals surface area contributed by atoms with Gasteiger partial charge in [0, 0.05) is 19.5 Å². The Labute approximate surface area is 347 Å². The van der Waals surface area contributed by atoms with E-state index in [0.717, 1.165) is 0 Å². The predicted molar refractivity (Wildman–Crippen MR) is 205 cm³/mol. The summed E-state index contributed by atoms with van der Waals surface area (Å²) in [7, 11) is 0. The smallest absolute Gasteiger partial charge is 0.490 e. The van der Waals surface area contributed by atoms with Crippen LogP contribution in [0.2, 0.25) is 0 Å². The van der Waals surface area contributed by atoms with Crippen molar-refractivity contribution >= 4 is 53.4 Å². The van der Waals surface area contributed by atoms with Crippen molar-refractivity contribution in [1.29, 1.82) is 0 Å². The standard InChI is InChI=1S/C31H43N11O6.2C2HF3O2/c32-30(33)36-14-4-8-21-26(45)40-22(9-5-15-37-31(34)35)27(46)42-25(19-6-2-1-3-7-19)29(48)38-17-24(44)39-23(28(47)41-21)16-18-10-12-20(43)13-11-18;2*3-2(4,5)1(6)7/h1-3,6-7,10-13,21-23,25,43H,4-5,8-9,14-17H2,(H,38,48)(H,39,44)(H,40,45)(H,41,47)(H,42,46)(H4,32,33,36)(H4,34,35,37);2*(H,6,7)/t21-,22-,23+,25-;;/m0../s1. The second-order valence-electron chi connectivity index (χ2n) is 12.7. The number of aliphatic imine (C=N–C) groups is 2. The van der Waals surface area contributed by atoms with E-state index in [1.807, 2.05) is 0 Å². The molecule has 0 unspecified atom stereocenters. The first-order chi connectivity index (χ1) is 28.8. The van der Waals surface area contributed by atoms with Crippen LogP contribution in [0, 0.1) is 0 Å². The maximum Gasteiger partial charge on any atom is 0.490 e. The molecule has 342 valence electrons. The normalized spacial score (nSPS) is 18.6.